The van der Waals surface area contributed by atoms with E-state index in [0.717, 1.165) is 5.56 Å². The van der Waals surface area contributed by atoms with Crippen molar-refractivity contribution < 1.29 is 18.0 Å². The first-order chi connectivity index (χ1) is 8.89. The van der Waals surface area contributed by atoms with E-state index in [2.05, 4.69) is 0 Å². The van der Waals surface area contributed by atoms with Gasteiger partial charge in [-0.15, -0.1) is 0 Å². The molecule has 0 bridgehead atoms. The number of piperidine rings is 1. The molecule has 0 amide bonds. The van der Waals surface area contributed by atoms with Crippen molar-refractivity contribution in [3.8, 4) is 0 Å². The molecule has 0 radical (unpaired) electrons. The molecule has 2 rings (SSSR count). The lowest BCUT2D eigenvalue weighted by molar-refractivity contribution is -0.197. The van der Waals surface area contributed by atoms with Crippen LogP contribution in [0.25, 0.3) is 0 Å². The maximum Gasteiger partial charge on any atom is 0.404 e. The highest BCUT2D eigenvalue weighted by Crippen LogP contribution is 2.35. The van der Waals surface area contributed by atoms with Crippen LogP contribution in [0.4, 0.5) is 13.2 Å². The molecule has 1 aromatic rings. The van der Waals surface area contributed by atoms with Crippen molar-refractivity contribution in [3.63, 3.8) is 0 Å². The topological polar surface area (TPSA) is 20.3 Å². The molecule has 5 heteroatoms. The molecule has 1 saturated heterocycles. The van der Waals surface area contributed by atoms with Gasteiger partial charge in [0.05, 0.1) is 0 Å². The predicted octanol–water partition coefficient (Wildman–Crippen LogP) is 3.34. The second-order valence-corrected chi connectivity index (χ2v) is 4.87. The first-order valence-electron chi connectivity index (χ1n) is 6.28. The van der Waals surface area contributed by atoms with Gasteiger partial charge in [0, 0.05) is 25.4 Å². The maximum atomic E-state index is 13.0. The van der Waals surface area contributed by atoms with Crippen molar-refractivity contribution >= 4 is 5.78 Å². The van der Waals surface area contributed by atoms with E-state index >= 15 is 0 Å². The van der Waals surface area contributed by atoms with Crippen LogP contribution < -0.4 is 0 Å². The zero-order valence-corrected chi connectivity index (χ0v) is 10.7. The molecule has 19 heavy (non-hydrogen) atoms. The van der Waals surface area contributed by atoms with Crippen molar-refractivity contribution in [1.82, 2.24) is 4.90 Å². The van der Waals surface area contributed by atoms with Crippen LogP contribution in [0.2, 0.25) is 0 Å². The van der Waals surface area contributed by atoms with Crippen LogP contribution in [-0.2, 0) is 4.79 Å². The van der Waals surface area contributed by atoms with Crippen LogP contribution >= 0.6 is 0 Å². The summed E-state index contributed by atoms with van der Waals surface area (Å²) in [5, 5.41) is 0. The number of halogens is 3. The third-order valence-corrected chi connectivity index (χ3v) is 3.63. The van der Waals surface area contributed by atoms with Crippen LogP contribution in [0, 0.1) is 0 Å². The largest absolute Gasteiger partial charge is 0.404 e. The van der Waals surface area contributed by atoms with Gasteiger partial charge in [-0.05, 0) is 12.5 Å². The Balaban J connectivity index is 2.23. The van der Waals surface area contributed by atoms with Crippen molar-refractivity contribution in [2.24, 2.45) is 0 Å². The summed E-state index contributed by atoms with van der Waals surface area (Å²) in [5.41, 5.74) is 0.839. The summed E-state index contributed by atoms with van der Waals surface area (Å²) in [6.07, 6.45) is -4.59. The van der Waals surface area contributed by atoms with Crippen LogP contribution in [0.3, 0.4) is 0 Å². The number of nitrogens with zero attached hydrogens (tertiary/aromatic N) is 1. The zero-order chi connectivity index (χ0) is 14.0. The molecule has 1 aliphatic rings. The van der Waals surface area contributed by atoms with E-state index in [-0.39, 0.29) is 24.8 Å². The molecule has 0 unspecified atom stereocenters. The molecule has 2 atom stereocenters. The SMILES string of the molecule is C[C@@H](c1ccccc1)N1CCC(=O)C[C@H]1C(F)(F)F. The lowest BCUT2D eigenvalue weighted by atomic mass is 9.96. The van der Waals surface area contributed by atoms with Gasteiger partial charge in [-0.25, -0.2) is 0 Å². The number of rotatable bonds is 2. The number of ketones is 1. The van der Waals surface area contributed by atoms with Crippen LogP contribution in [-0.4, -0.2) is 29.4 Å². The van der Waals surface area contributed by atoms with Crippen LogP contribution in [0.5, 0.6) is 0 Å². The molecule has 1 aliphatic heterocycles. The summed E-state index contributed by atoms with van der Waals surface area (Å²) >= 11 is 0. The van der Waals surface area contributed by atoms with E-state index in [4.69, 9.17) is 0 Å². The van der Waals surface area contributed by atoms with E-state index in [9.17, 15) is 18.0 Å². The molecule has 2 nitrogen and oxygen atoms in total. The first-order valence-corrected chi connectivity index (χ1v) is 6.28. The van der Waals surface area contributed by atoms with Crippen molar-refractivity contribution in [1.29, 1.82) is 0 Å². The van der Waals surface area contributed by atoms with Gasteiger partial charge in [-0.1, -0.05) is 30.3 Å². The Morgan fingerprint density at radius 1 is 1.26 bits per heavy atom. The Labute approximate surface area is 110 Å². The molecule has 0 aromatic heterocycles. The average molecular weight is 271 g/mol. The van der Waals surface area contributed by atoms with Gasteiger partial charge in [0.15, 0.2) is 0 Å². The van der Waals surface area contributed by atoms with E-state index < -0.39 is 18.6 Å². The number of carbonyl (C=O) groups excluding carboxylic acids is 1. The number of alkyl halides is 3. The molecule has 1 aromatic carbocycles. The number of carbonyl (C=O) groups is 1. The molecule has 0 N–H and O–H groups in total. The smallest absolute Gasteiger partial charge is 0.300 e. The van der Waals surface area contributed by atoms with Crippen molar-refractivity contribution in [2.75, 3.05) is 6.54 Å². The fourth-order valence-electron chi connectivity index (χ4n) is 2.53. The van der Waals surface area contributed by atoms with Crippen LogP contribution in [0.1, 0.15) is 31.4 Å². The standard InChI is InChI=1S/C14H16F3NO/c1-10(11-5-3-2-4-6-11)18-8-7-12(19)9-13(18)14(15,16)17/h2-6,10,13H,7-9H2,1H3/t10-,13-/m0/s1. The van der Waals surface area contributed by atoms with Gasteiger partial charge in [0.1, 0.15) is 11.8 Å². The fourth-order valence-corrected chi connectivity index (χ4v) is 2.53. The van der Waals surface area contributed by atoms with Gasteiger partial charge in [-0.3, -0.25) is 9.69 Å². The van der Waals surface area contributed by atoms with E-state index in [1.165, 1.54) is 4.90 Å². The highest BCUT2D eigenvalue weighted by Gasteiger charge is 2.47. The Morgan fingerprint density at radius 3 is 2.47 bits per heavy atom. The highest BCUT2D eigenvalue weighted by atomic mass is 19.4. The van der Waals surface area contributed by atoms with Gasteiger partial charge >= 0.3 is 6.18 Å². The van der Waals surface area contributed by atoms with E-state index in [0.29, 0.717) is 0 Å². The average Bonchev–Trinajstić information content (AvgIpc) is 2.38. The number of hydrogen-bond donors (Lipinski definition) is 0. The minimum absolute atomic E-state index is 0.166. The third-order valence-electron chi connectivity index (χ3n) is 3.63. The van der Waals surface area contributed by atoms with Gasteiger partial charge in [0.2, 0.25) is 0 Å². The van der Waals surface area contributed by atoms with Crippen molar-refractivity contribution in [3.05, 3.63) is 35.9 Å². The molecule has 1 fully saturated rings. The Morgan fingerprint density at radius 2 is 1.89 bits per heavy atom. The summed E-state index contributed by atoms with van der Waals surface area (Å²) in [4.78, 5) is 12.7. The van der Waals surface area contributed by atoms with Gasteiger partial charge in [0.25, 0.3) is 0 Å². The number of benzene rings is 1. The summed E-state index contributed by atoms with van der Waals surface area (Å²) < 4.78 is 39.1. The normalized spacial score (nSPS) is 23.4. The zero-order valence-electron chi connectivity index (χ0n) is 10.7. The summed E-state index contributed by atoms with van der Waals surface area (Å²) in [6.45, 7) is 1.92. The molecule has 0 aliphatic carbocycles. The lowest BCUT2D eigenvalue weighted by Crippen LogP contribution is -2.51. The molecular formula is C14H16F3NO. The first kappa shape index (κ1) is 14.1. The minimum atomic E-state index is -4.36. The number of likely N-dealkylation sites (tertiary alicyclic amines) is 1. The number of hydrogen-bond acceptors (Lipinski definition) is 2. The quantitative estimate of drug-likeness (QED) is 0.822. The van der Waals surface area contributed by atoms with Crippen molar-refractivity contribution in [2.45, 2.75) is 38.0 Å². The summed E-state index contributed by atoms with van der Waals surface area (Å²) in [5.74, 6) is -0.307. The Bertz CT molecular complexity index is 444. The monoisotopic (exact) mass is 271 g/mol. The maximum absolute atomic E-state index is 13.0. The number of Topliss-reactive ketones (excluding diaryl/α,β-unsaturated/α-hetero) is 1. The lowest BCUT2D eigenvalue weighted by Gasteiger charge is -2.40. The minimum Gasteiger partial charge on any atom is -0.300 e. The second-order valence-electron chi connectivity index (χ2n) is 4.87. The molecule has 1 heterocycles. The Kier molecular flexibility index (Phi) is 3.94. The van der Waals surface area contributed by atoms with E-state index in [1.54, 1.807) is 6.92 Å². The fraction of sp³-hybridized carbons (Fsp3) is 0.500. The second kappa shape index (κ2) is 5.33. The van der Waals surface area contributed by atoms with E-state index in [1.807, 2.05) is 30.3 Å². The van der Waals surface area contributed by atoms with Gasteiger partial charge < -0.3 is 0 Å². The molecule has 0 spiro atoms. The van der Waals surface area contributed by atoms with Crippen LogP contribution in [0.15, 0.2) is 30.3 Å². The molecular weight excluding hydrogens is 255 g/mol. The summed E-state index contributed by atoms with van der Waals surface area (Å²) in [6, 6.07) is 7.07. The Hall–Kier alpha value is -1.36. The molecule has 104 valence electrons. The molecule has 0 saturated carbocycles. The predicted molar refractivity (Wildman–Crippen MR) is 65.6 cm³/mol. The summed E-state index contributed by atoms with van der Waals surface area (Å²) in [7, 11) is 0. The van der Waals surface area contributed by atoms with Gasteiger partial charge in [-0.2, -0.15) is 13.2 Å². The third kappa shape index (κ3) is 3.15. The highest BCUT2D eigenvalue weighted by molar-refractivity contribution is 5.80.